The van der Waals surface area contributed by atoms with Gasteiger partial charge in [0.15, 0.2) is 16.7 Å². The summed E-state index contributed by atoms with van der Waals surface area (Å²) in [5.74, 6) is 0.362. The Kier molecular flexibility index (Phi) is 5.93. The minimum Gasteiger partial charge on any atom is -0.494 e. The van der Waals surface area contributed by atoms with Crippen molar-refractivity contribution in [1.82, 2.24) is 9.55 Å². The smallest absolute Gasteiger partial charge is 0.262 e. The number of para-hydroxylation sites is 1. The van der Waals surface area contributed by atoms with Crippen molar-refractivity contribution in [3.63, 3.8) is 0 Å². The van der Waals surface area contributed by atoms with Crippen molar-refractivity contribution in [1.29, 1.82) is 0 Å². The lowest BCUT2D eigenvalue weighted by Crippen LogP contribution is -2.23. The average molecular weight is 372 g/mol. The number of hydrogen-bond acceptors (Lipinski definition) is 4. The number of benzene rings is 2. The fraction of sp³-hybridized carbons (Fsp3) is 0.300. The predicted molar refractivity (Wildman–Crippen MR) is 103 cm³/mol. The zero-order valence-corrected chi connectivity index (χ0v) is 15.7. The van der Waals surface area contributed by atoms with Crippen LogP contribution >= 0.6 is 11.8 Å². The van der Waals surface area contributed by atoms with E-state index in [0.29, 0.717) is 28.4 Å². The van der Waals surface area contributed by atoms with Crippen LogP contribution in [-0.4, -0.2) is 16.7 Å². The molecule has 0 saturated carbocycles. The third-order valence-corrected chi connectivity index (χ3v) is 5.19. The van der Waals surface area contributed by atoms with E-state index in [9.17, 15) is 9.18 Å². The van der Waals surface area contributed by atoms with Crippen LogP contribution in [0.25, 0.3) is 10.9 Å². The number of hydrogen-bond donors (Lipinski definition) is 0. The van der Waals surface area contributed by atoms with Gasteiger partial charge in [-0.3, -0.25) is 9.36 Å². The van der Waals surface area contributed by atoms with Crippen LogP contribution in [0.15, 0.2) is 52.4 Å². The van der Waals surface area contributed by atoms with Gasteiger partial charge in [0, 0.05) is 12.3 Å². The van der Waals surface area contributed by atoms with Crippen molar-refractivity contribution in [3.8, 4) is 5.75 Å². The van der Waals surface area contributed by atoms with Gasteiger partial charge in [-0.1, -0.05) is 43.3 Å². The fourth-order valence-corrected chi connectivity index (χ4v) is 3.69. The Bertz CT molecular complexity index is 972. The van der Waals surface area contributed by atoms with Gasteiger partial charge in [-0.05, 0) is 36.2 Å². The number of nitrogens with zero attached hydrogens (tertiary/aromatic N) is 2. The summed E-state index contributed by atoms with van der Waals surface area (Å²) in [5, 5.41) is 1.29. The van der Waals surface area contributed by atoms with Gasteiger partial charge in [0.05, 0.1) is 18.0 Å². The van der Waals surface area contributed by atoms with Crippen molar-refractivity contribution in [2.24, 2.45) is 0 Å². The molecule has 0 spiro atoms. The first-order chi connectivity index (χ1) is 12.6. The second-order valence-electron chi connectivity index (χ2n) is 5.98. The number of aromatic nitrogens is 2. The predicted octanol–water partition coefficient (Wildman–Crippen LogP) is 4.64. The number of unbranched alkanes of at least 4 members (excludes halogenated alkanes) is 1. The molecule has 0 amide bonds. The van der Waals surface area contributed by atoms with Gasteiger partial charge in [0.2, 0.25) is 0 Å². The Labute approximate surface area is 156 Å². The molecule has 6 heteroatoms. The molecule has 0 fully saturated rings. The summed E-state index contributed by atoms with van der Waals surface area (Å²) in [5.41, 5.74) is 1.49. The molecule has 1 heterocycles. The van der Waals surface area contributed by atoms with Crippen molar-refractivity contribution in [3.05, 3.63) is 64.2 Å². The molecule has 0 aliphatic rings. The summed E-state index contributed by atoms with van der Waals surface area (Å²) < 4.78 is 20.6. The maximum Gasteiger partial charge on any atom is 0.262 e. The highest BCUT2D eigenvalue weighted by Gasteiger charge is 2.12. The van der Waals surface area contributed by atoms with Crippen LogP contribution in [0, 0.1) is 5.82 Å². The van der Waals surface area contributed by atoms with Crippen molar-refractivity contribution in [2.75, 3.05) is 7.11 Å². The summed E-state index contributed by atoms with van der Waals surface area (Å²) in [6.07, 6.45) is 1.90. The summed E-state index contributed by atoms with van der Waals surface area (Å²) in [6, 6.07) is 12.3. The maximum absolute atomic E-state index is 13.9. The first kappa shape index (κ1) is 18.5. The average Bonchev–Trinajstić information content (AvgIpc) is 2.66. The third-order valence-electron chi connectivity index (χ3n) is 4.15. The Morgan fingerprint density at radius 1 is 1.23 bits per heavy atom. The van der Waals surface area contributed by atoms with Gasteiger partial charge in [-0.25, -0.2) is 9.37 Å². The van der Waals surface area contributed by atoms with E-state index in [0.717, 1.165) is 18.4 Å². The molecule has 0 atom stereocenters. The van der Waals surface area contributed by atoms with Gasteiger partial charge in [0.1, 0.15) is 0 Å². The Balaban J connectivity index is 1.92. The van der Waals surface area contributed by atoms with Gasteiger partial charge in [0.25, 0.3) is 5.56 Å². The molecule has 136 valence electrons. The second-order valence-corrected chi connectivity index (χ2v) is 6.92. The number of halogens is 1. The third kappa shape index (κ3) is 3.90. The van der Waals surface area contributed by atoms with E-state index in [-0.39, 0.29) is 17.1 Å². The lowest BCUT2D eigenvalue weighted by Gasteiger charge is -2.13. The lowest BCUT2D eigenvalue weighted by molar-refractivity contribution is 0.386. The van der Waals surface area contributed by atoms with Crippen LogP contribution in [0.4, 0.5) is 4.39 Å². The zero-order valence-electron chi connectivity index (χ0n) is 14.9. The largest absolute Gasteiger partial charge is 0.494 e. The van der Waals surface area contributed by atoms with Crippen LogP contribution < -0.4 is 10.3 Å². The molecular formula is C20H21FN2O2S. The molecule has 3 aromatic rings. The van der Waals surface area contributed by atoms with E-state index in [1.807, 2.05) is 24.3 Å². The molecule has 3 rings (SSSR count). The fourth-order valence-electron chi connectivity index (χ4n) is 2.72. The van der Waals surface area contributed by atoms with Gasteiger partial charge >= 0.3 is 0 Å². The number of fused-ring (bicyclic) bond motifs is 1. The SMILES string of the molecule is CCCCn1c(SCc2ccc(OC)c(F)c2)nc2ccccc2c1=O. The van der Waals surface area contributed by atoms with E-state index in [4.69, 9.17) is 4.74 Å². The van der Waals surface area contributed by atoms with Crippen LogP contribution in [0.2, 0.25) is 0 Å². The van der Waals surface area contributed by atoms with Gasteiger partial charge in [-0.2, -0.15) is 0 Å². The molecule has 1 aromatic heterocycles. The second kappa shape index (κ2) is 8.36. The Hall–Kier alpha value is -2.34. The molecule has 26 heavy (non-hydrogen) atoms. The molecule has 4 nitrogen and oxygen atoms in total. The molecule has 0 aliphatic carbocycles. The normalized spacial score (nSPS) is 11.0. The monoisotopic (exact) mass is 372 g/mol. The Morgan fingerprint density at radius 3 is 2.77 bits per heavy atom. The number of methoxy groups -OCH3 is 1. The van der Waals surface area contributed by atoms with Crippen LogP contribution in [-0.2, 0) is 12.3 Å². The minimum atomic E-state index is -0.388. The molecule has 2 aromatic carbocycles. The summed E-state index contributed by atoms with van der Waals surface area (Å²) in [7, 11) is 1.44. The highest BCUT2D eigenvalue weighted by atomic mass is 32.2. The molecule has 0 bridgehead atoms. The minimum absolute atomic E-state index is 0.0209. The summed E-state index contributed by atoms with van der Waals surface area (Å²) in [6.45, 7) is 2.72. The molecule has 0 unspecified atom stereocenters. The zero-order chi connectivity index (χ0) is 18.5. The quantitative estimate of drug-likeness (QED) is 0.448. The van der Waals surface area contributed by atoms with Crippen LogP contribution in [0.5, 0.6) is 5.75 Å². The van der Waals surface area contributed by atoms with Crippen molar-refractivity contribution in [2.45, 2.75) is 37.2 Å². The standard InChI is InChI=1S/C20H21FN2O2S/c1-3-4-11-23-19(24)15-7-5-6-8-17(15)22-20(23)26-13-14-9-10-18(25-2)16(21)12-14/h5-10,12H,3-4,11,13H2,1-2H3. The number of rotatable bonds is 7. The van der Waals surface area contributed by atoms with Crippen LogP contribution in [0.1, 0.15) is 25.3 Å². The first-order valence-electron chi connectivity index (χ1n) is 8.58. The number of ether oxygens (including phenoxy) is 1. The highest BCUT2D eigenvalue weighted by molar-refractivity contribution is 7.98. The molecule has 0 N–H and O–H groups in total. The van der Waals surface area contributed by atoms with E-state index >= 15 is 0 Å². The van der Waals surface area contributed by atoms with Crippen LogP contribution in [0.3, 0.4) is 0 Å². The van der Waals surface area contributed by atoms with Crippen molar-refractivity contribution < 1.29 is 9.13 Å². The van der Waals surface area contributed by atoms with E-state index in [2.05, 4.69) is 11.9 Å². The summed E-state index contributed by atoms with van der Waals surface area (Å²) in [4.78, 5) is 17.5. The van der Waals surface area contributed by atoms with Gasteiger partial charge in [-0.15, -0.1) is 0 Å². The first-order valence-corrected chi connectivity index (χ1v) is 9.57. The van der Waals surface area contributed by atoms with Gasteiger partial charge < -0.3 is 4.74 Å². The topological polar surface area (TPSA) is 44.1 Å². The lowest BCUT2D eigenvalue weighted by atomic mass is 10.2. The van der Waals surface area contributed by atoms with E-state index in [1.165, 1.54) is 24.9 Å². The van der Waals surface area contributed by atoms with E-state index in [1.54, 1.807) is 16.7 Å². The molecule has 0 radical (unpaired) electrons. The molecular weight excluding hydrogens is 351 g/mol. The Morgan fingerprint density at radius 2 is 2.04 bits per heavy atom. The maximum atomic E-state index is 13.9. The van der Waals surface area contributed by atoms with Crippen molar-refractivity contribution >= 4 is 22.7 Å². The molecule has 0 aliphatic heterocycles. The summed E-state index contributed by atoms with van der Waals surface area (Å²) >= 11 is 1.45. The number of thioether (sulfide) groups is 1. The highest BCUT2D eigenvalue weighted by Crippen LogP contribution is 2.25. The molecule has 0 saturated heterocycles. The van der Waals surface area contributed by atoms with E-state index < -0.39 is 0 Å².